The van der Waals surface area contributed by atoms with Gasteiger partial charge in [0.2, 0.25) is 0 Å². The van der Waals surface area contributed by atoms with E-state index in [9.17, 15) is 9.59 Å². The molecule has 3 heteroatoms. The number of carbonyl (C=O) groups excluding carboxylic acids is 2. The van der Waals surface area contributed by atoms with E-state index in [4.69, 9.17) is 0 Å². The Labute approximate surface area is 125 Å². The summed E-state index contributed by atoms with van der Waals surface area (Å²) in [6, 6.07) is 7.31. The molecule has 1 aliphatic rings. The van der Waals surface area contributed by atoms with Crippen molar-refractivity contribution in [2.75, 3.05) is 0 Å². The lowest BCUT2D eigenvalue weighted by Crippen LogP contribution is -2.17. The van der Waals surface area contributed by atoms with Gasteiger partial charge in [-0.05, 0) is 55.2 Å². The van der Waals surface area contributed by atoms with Crippen LogP contribution < -0.4 is 0 Å². The predicted molar refractivity (Wildman–Crippen MR) is 84.6 cm³/mol. The first-order valence-corrected chi connectivity index (χ1v) is 7.02. The first-order valence-electron chi connectivity index (χ1n) is 7.02. The Morgan fingerprint density at radius 2 is 1.67 bits per heavy atom. The number of rotatable bonds is 2. The van der Waals surface area contributed by atoms with Crippen molar-refractivity contribution >= 4 is 17.4 Å². The molecule has 0 radical (unpaired) electrons. The Kier molecular flexibility index (Phi) is 4.32. The van der Waals surface area contributed by atoms with Crippen LogP contribution in [-0.2, 0) is 4.79 Å². The smallest absolute Gasteiger partial charge is 0.277 e. The number of amides is 1. The van der Waals surface area contributed by atoms with Gasteiger partial charge >= 0.3 is 0 Å². The first kappa shape index (κ1) is 15.1. The monoisotopic (exact) mass is 281 g/mol. The summed E-state index contributed by atoms with van der Waals surface area (Å²) in [6.45, 7) is 7.68. The maximum Gasteiger partial charge on any atom is 0.277 e. The third kappa shape index (κ3) is 3.43. The Balaban J connectivity index is 2.38. The Bertz CT molecular complexity index is 674. The van der Waals surface area contributed by atoms with Gasteiger partial charge in [-0.1, -0.05) is 31.5 Å². The van der Waals surface area contributed by atoms with E-state index in [1.54, 1.807) is 31.2 Å². The molecule has 1 aromatic rings. The fraction of sp³-hybridized carbons (Fsp3) is 0.278. The zero-order valence-electron chi connectivity index (χ0n) is 12.8. The lowest BCUT2D eigenvalue weighted by Gasteiger charge is -2.16. The number of aryl methyl sites for hydroxylation is 1. The second-order valence-electron chi connectivity index (χ2n) is 5.61. The highest BCUT2D eigenvalue weighted by Crippen LogP contribution is 2.20. The number of allylic oxidation sites excluding steroid dienone is 4. The molecule has 0 saturated heterocycles. The average Bonchev–Trinajstić information content (AvgIpc) is 2.43. The molecule has 1 aliphatic carbocycles. The van der Waals surface area contributed by atoms with E-state index in [0.29, 0.717) is 16.8 Å². The maximum absolute atomic E-state index is 12.3. The SMILES string of the molecule is CC1=CC(=NC(=O)c2ccc(C)cc2)C(C(C)C)=CC1=O. The average molecular weight is 281 g/mol. The van der Waals surface area contributed by atoms with Crippen LogP contribution in [0.15, 0.2) is 52.6 Å². The van der Waals surface area contributed by atoms with Crippen molar-refractivity contribution in [3.63, 3.8) is 0 Å². The van der Waals surface area contributed by atoms with Crippen LogP contribution >= 0.6 is 0 Å². The lowest BCUT2D eigenvalue weighted by atomic mass is 9.90. The molecule has 0 bridgehead atoms. The molecule has 1 aromatic carbocycles. The lowest BCUT2D eigenvalue weighted by molar-refractivity contribution is -0.111. The van der Waals surface area contributed by atoms with Crippen LogP contribution in [0.2, 0.25) is 0 Å². The van der Waals surface area contributed by atoms with Crippen molar-refractivity contribution in [2.24, 2.45) is 10.9 Å². The van der Waals surface area contributed by atoms with E-state index in [-0.39, 0.29) is 17.6 Å². The molecule has 2 rings (SSSR count). The molecule has 0 N–H and O–H groups in total. The number of nitrogens with zero attached hydrogens (tertiary/aromatic N) is 1. The van der Waals surface area contributed by atoms with Crippen LogP contribution in [-0.4, -0.2) is 17.4 Å². The highest BCUT2D eigenvalue weighted by molar-refractivity contribution is 6.24. The molecule has 0 atom stereocenters. The van der Waals surface area contributed by atoms with Crippen molar-refractivity contribution < 1.29 is 9.59 Å². The van der Waals surface area contributed by atoms with Crippen molar-refractivity contribution in [1.82, 2.24) is 0 Å². The van der Waals surface area contributed by atoms with E-state index < -0.39 is 0 Å². The molecule has 0 aliphatic heterocycles. The molecule has 0 fully saturated rings. The van der Waals surface area contributed by atoms with Crippen LogP contribution in [0.4, 0.5) is 0 Å². The second kappa shape index (κ2) is 6.00. The largest absolute Gasteiger partial charge is 0.290 e. The molecule has 21 heavy (non-hydrogen) atoms. The maximum atomic E-state index is 12.3. The molecular weight excluding hydrogens is 262 g/mol. The normalized spacial score (nSPS) is 17.0. The fourth-order valence-electron chi connectivity index (χ4n) is 2.12. The van der Waals surface area contributed by atoms with Crippen LogP contribution in [0, 0.1) is 12.8 Å². The number of hydrogen-bond donors (Lipinski definition) is 0. The van der Waals surface area contributed by atoms with Gasteiger partial charge in [0, 0.05) is 5.56 Å². The minimum atomic E-state index is -0.282. The molecule has 0 spiro atoms. The number of carbonyl (C=O) groups is 2. The van der Waals surface area contributed by atoms with E-state index in [2.05, 4.69) is 4.99 Å². The molecule has 108 valence electrons. The Hall–Kier alpha value is -2.29. The second-order valence-corrected chi connectivity index (χ2v) is 5.61. The number of benzene rings is 1. The molecule has 3 nitrogen and oxygen atoms in total. The summed E-state index contributed by atoms with van der Waals surface area (Å²) >= 11 is 0. The fourth-order valence-corrected chi connectivity index (χ4v) is 2.12. The van der Waals surface area contributed by atoms with Gasteiger partial charge in [0.1, 0.15) is 0 Å². The van der Waals surface area contributed by atoms with Crippen LogP contribution in [0.1, 0.15) is 36.7 Å². The van der Waals surface area contributed by atoms with Gasteiger partial charge in [0.15, 0.2) is 5.78 Å². The van der Waals surface area contributed by atoms with E-state index >= 15 is 0 Å². The summed E-state index contributed by atoms with van der Waals surface area (Å²) in [7, 11) is 0. The summed E-state index contributed by atoms with van der Waals surface area (Å²) in [5.41, 5.74) is 3.66. The topological polar surface area (TPSA) is 46.5 Å². The highest BCUT2D eigenvalue weighted by Gasteiger charge is 2.19. The number of aliphatic imine (C=N–C) groups is 1. The highest BCUT2D eigenvalue weighted by atomic mass is 16.1. The van der Waals surface area contributed by atoms with Gasteiger partial charge < -0.3 is 0 Å². The van der Waals surface area contributed by atoms with Gasteiger partial charge in [0.05, 0.1) is 5.71 Å². The number of hydrogen-bond acceptors (Lipinski definition) is 2. The molecule has 0 aromatic heterocycles. The van der Waals surface area contributed by atoms with Gasteiger partial charge in [0.25, 0.3) is 5.91 Å². The van der Waals surface area contributed by atoms with Crippen LogP contribution in [0.5, 0.6) is 0 Å². The van der Waals surface area contributed by atoms with E-state index in [0.717, 1.165) is 11.1 Å². The molecule has 0 unspecified atom stereocenters. The zero-order chi connectivity index (χ0) is 15.6. The summed E-state index contributed by atoms with van der Waals surface area (Å²) < 4.78 is 0. The van der Waals surface area contributed by atoms with Gasteiger partial charge in [-0.15, -0.1) is 0 Å². The third-order valence-corrected chi connectivity index (χ3v) is 3.47. The van der Waals surface area contributed by atoms with Crippen molar-refractivity contribution in [1.29, 1.82) is 0 Å². The Morgan fingerprint density at radius 1 is 1.05 bits per heavy atom. The predicted octanol–water partition coefficient (Wildman–Crippen LogP) is 3.69. The van der Waals surface area contributed by atoms with Gasteiger partial charge in [-0.2, -0.15) is 0 Å². The van der Waals surface area contributed by atoms with Crippen LogP contribution in [0.25, 0.3) is 0 Å². The standard InChI is InChI=1S/C18H19NO2/c1-11(2)15-10-17(20)13(4)9-16(15)19-18(21)14-7-5-12(3)6-8-14/h5-11H,1-4H3. The van der Waals surface area contributed by atoms with E-state index in [1.807, 2.05) is 32.9 Å². The first-order chi connectivity index (χ1) is 9.88. The molecule has 0 heterocycles. The third-order valence-electron chi connectivity index (χ3n) is 3.47. The van der Waals surface area contributed by atoms with Gasteiger partial charge in [-0.3, -0.25) is 9.59 Å². The minimum absolute atomic E-state index is 0.0135. The van der Waals surface area contributed by atoms with Crippen molar-refractivity contribution in [2.45, 2.75) is 27.7 Å². The summed E-state index contributed by atoms with van der Waals surface area (Å²) in [5, 5.41) is 0. The van der Waals surface area contributed by atoms with Crippen LogP contribution in [0.3, 0.4) is 0 Å². The van der Waals surface area contributed by atoms with E-state index in [1.165, 1.54) is 0 Å². The van der Waals surface area contributed by atoms with Gasteiger partial charge in [-0.25, -0.2) is 4.99 Å². The van der Waals surface area contributed by atoms with Crippen molar-refractivity contribution in [3.8, 4) is 0 Å². The Morgan fingerprint density at radius 3 is 2.24 bits per heavy atom. The number of ketones is 1. The molecule has 1 amide bonds. The molecule has 0 saturated carbocycles. The summed E-state index contributed by atoms with van der Waals surface area (Å²) in [4.78, 5) is 28.2. The van der Waals surface area contributed by atoms with Crippen molar-refractivity contribution in [3.05, 3.63) is 58.7 Å². The summed E-state index contributed by atoms with van der Waals surface area (Å²) in [5.74, 6) is -0.154. The zero-order valence-corrected chi connectivity index (χ0v) is 12.8. The quantitative estimate of drug-likeness (QED) is 0.776. The minimum Gasteiger partial charge on any atom is -0.290 e. The summed E-state index contributed by atoms with van der Waals surface area (Å²) in [6.07, 6.45) is 3.28. The molecular formula is C18H19NO2.